The smallest absolute Gasteiger partial charge is 0.231 e. The highest BCUT2D eigenvalue weighted by Gasteiger charge is 2.20. The van der Waals surface area contributed by atoms with E-state index in [1.807, 2.05) is 18.3 Å². The van der Waals surface area contributed by atoms with E-state index in [1.54, 1.807) is 0 Å². The number of aromatic nitrogens is 1. The summed E-state index contributed by atoms with van der Waals surface area (Å²) in [6.07, 6.45) is 2.71. The molecular formula is C11H12N2O2. The highest BCUT2D eigenvalue weighted by Crippen LogP contribution is 2.40. The number of hydrogen-bond acceptors (Lipinski definition) is 3. The van der Waals surface area contributed by atoms with Gasteiger partial charge in [-0.2, -0.15) is 0 Å². The molecule has 4 heteroatoms. The summed E-state index contributed by atoms with van der Waals surface area (Å²) in [6, 6.07) is 4.02. The minimum Gasteiger partial charge on any atom is -0.454 e. The van der Waals surface area contributed by atoms with E-state index in [9.17, 15) is 0 Å². The second-order valence-corrected chi connectivity index (χ2v) is 3.57. The zero-order valence-corrected chi connectivity index (χ0v) is 8.25. The summed E-state index contributed by atoms with van der Waals surface area (Å²) < 4.78 is 10.8. The summed E-state index contributed by atoms with van der Waals surface area (Å²) in [5, 5.41) is 1.14. The van der Waals surface area contributed by atoms with Crippen molar-refractivity contribution >= 4 is 10.9 Å². The molecule has 15 heavy (non-hydrogen) atoms. The SMILES string of the molecule is NCCc1c2c(cc3cc[nH]c13)OCO2. The zero-order chi connectivity index (χ0) is 10.3. The van der Waals surface area contributed by atoms with Crippen LogP contribution in [-0.2, 0) is 6.42 Å². The Labute approximate surface area is 87.0 Å². The molecule has 0 saturated heterocycles. The van der Waals surface area contributed by atoms with Crippen LogP contribution in [0, 0.1) is 0 Å². The molecule has 1 aliphatic rings. The largest absolute Gasteiger partial charge is 0.454 e. The van der Waals surface area contributed by atoms with E-state index in [0.29, 0.717) is 13.3 Å². The predicted octanol–water partition coefficient (Wildman–Crippen LogP) is 1.40. The summed E-state index contributed by atoms with van der Waals surface area (Å²) in [5.41, 5.74) is 7.82. The maximum Gasteiger partial charge on any atom is 0.231 e. The lowest BCUT2D eigenvalue weighted by molar-refractivity contribution is 0.173. The van der Waals surface area contributed by atoms with Crippen LogP contribution in [-0.4, -0.2) is 18.3 Å². The minimum absolute atomic E-state index is 0.305. The third-order valence-corrected chi connectivity index (χ3v) is 2.68. The van der Waals surface area contributed by atoms with Gasteiger partial charge in [0.1, 0.15) is 0 Å². The van der Waals surface area contributed by atoms with Crippen molar-refractivity contribution in [3.63, 3.8) is 0 Å². The molecule has 0 bridgehead atoms. The molecule has 2 aromatic rings. The summed E-state index contributed by atoms with van der Waals surface area (Å²) in [6.45, 7) is 0.910. The van der Waals surface area contributed by atoms with Gasteiger partial charge in [-0.15, -0.1) is 0 Å². The summed E-state index contributed by atoms with van der Waals surface area (Å²) >= 11 is 0. The first-order valence-electron chi connectivity index (χ1n) is 4.99. The van der Waals surface area contributed by atoms with Crippen molar-refractivity contribution in [2.75, 3.05) is 13.3 Å². The number of aromatic amines is 1. The first-order chi connectivity index (χ1) is 7.40. The van der Waals surface area contributed by atoms with Gasteiger partial charge in [-0.1, -0.05) is 0 Å². The number of H-pyrrole nitrogens is 1. The molecule has 2 heterocycles. The van der Waals surface area contributed by atoms with E-state index in [-0.39, 0.29) is 0 Å². The lowest BCUT2D eigenvalue weighted by atomic mass is 10.1. The van der Waals surface area contributed by atoms with E-state index < -0.39 is 0 Å². The summed E-state index contributed by atoms with van der Waals surface area (Å²) in [5.74, 6) is 1.67. The van der Waals surface area contributed by atoms with Crippen molar-refractivity contribution in [3.05, 3.63) is 23.9 Å². The van der Waals surface area contributed by atoms with Crippen LogP contribution >= 0.6 is 0 Å². The van der Waals surface area contributed by atoms with Crippen LogP contribution in [0.15, 0.2) is 18.3 Å². The molecule has 3 N–H and O–H groups in total. The predicted molar refractivity (Wildman–Crippen MR) is 57.2 cm³/mol. The van der Waals surface area contributed by atoms with Crippen LogP contribution < -0.4 is 15.2 Å². The highest BCUT2D eigenvalue weighted by molar-refractivity contribution is 5.87. The van der Waals surface area contributed by atoms with Crippen LogP contribution in [0.25, 0.3) is 10.9 Å². The van der Waals surface area contributed by atoms with Crippen LogP contribution in [0.3, 0.4) is 0 Å². The quantitative estimate of drug-likeness (QED) is 0.777. The molecule has 0 fully saturated rings. The molecule has 4 nitrogen and oxygen atoms in total. The summed E-state index contributed by atoms with van der Waals surface area (Å²) in [4.78, 5) is 3.21. The van der Waals surface area contributed by atoms with Gasteiger partial charge in [-0.3, -0.25) is 0 Å². The Hall–Kier alpha value is -1.68. The minimum atomic E-state index is 0.305. The van der Waals surface area contributed by atoms with Crippen LogP contribution in [0.2, 0.25) is 0 Å². The van der Waals surface area contributed by atoms with Gasteiger partial charge in [0.2, 0.25) is 6.79 Å². The third kappa shape index (κ3) is 1.18. The number of nitrogens with one attached hydrogen (secondary N) is 1. The van der Waals surface area contributed by atoms with Gasteiger partial charge in [-0.05, 0) is 25.1 Å². The number of rotatable bonds is 2. The standard InChI is InChI=1S/C11H12N2O2/c12-3-1-8-10-7(2-4-13-10)5-9-11(8)15-6-14-9/h2,4-5,13H,1,3,6,12H2. The van der Waals surface area contributed by atoms with Crippen molar-refractivity contribution < 1.29 is 9.47 Å². The van der Waals surface area contributed by atoms with E-state index in [0.717, 1.165) is 34.4 Å². The van der Waals surface area contributed by atoms with Gasteiger partial charge < -0.3 is 20.2 Å². The highest BCUT2D eigenvalue weighted by atomic mass is 16.7. The zero-order valence-electron chi connectivity index (χ0n) is 8.25. The fourth-order valence-corrected chi connectivity index (χ4v) is 2.03. The fourth-order valence-electron chi connectivity index (χ4n) is 2.03. The Morgan fingerprint density at radius 2 is 2.33 bits per heavy atom. The van der Waals surface area contributed by atoms with Gasteiger partial charge in [-0.25, -0.2) is 0 Å². The van der Waals surface area contributed by atoms with E-state index in [2.05, 4.69) is 4.98 Å². The van der Waals surface area contributed by atoms with Crippen molar-refractivity contribution in [1.82, 2.24) is 4.98 Å². The number of nitrogens with two attached hydrogens (primary N) is 1. The molecule has 3 rings (SSSR count). The van der Waals surface area contributed by atoms with Crippen molar-refractivity contribution in [2.24, 2.45) is 5.73 Å². The second kappa shape index (κ2) is 3.17. The van der Waals surface area contributed by atoms with Crippen molar-refractivity contribution in [1.29, 1.82) is 0 Å². The molecular weight excluding hydrogens is 192 g/mol. The molecule has 0 saturated carbocycles. The number of fused-ring (bicyclic) bond motifs is 2. The van der Waals surface area contributed by atoms with Gasteiger partial charge >= 0.3 is 0 Å². The van der Waals surface area contributed by atoms with Crippen LogP contribution in [0.5, 0.6) is 11.5 Å². The van der Waals surface area contributed by atoms with Crippen LogP contribution in [0.1, 0.15) is 5.56 Å². The van der Waals surface area contributed by atoms with Gasteiger partial charge in [0.05, 0.1) is 5.52 Å². The Kier molecular flexibility index (Phi) is 1.82. The van der Waals surface area contributed by atoms with Crippen molar-refractivity contribution in [3.8, 4) is 11.5 Å². The third-order valence-electron chi connectivity index (χ3n) is 2.68. The van der Waals surface area contributed by atoms with Gasteiger partial charge in [0.25, 0.3) is 0 Å². The topological polar surface area (TPSA) is 60.3 Å². The Bertz CT molecular complexity index is 505. The lowest BCUT2D eigenvalue weighted by Crippen LogP contribution is -2.04. The molecule has 0 atom stereocenters. The molecule has 78 valence electrons. The van der Waals surface area contributed by atoms with E-state index in [4.69, 9.17) is 15.2 Å². The lowest BCUT2D eigenvalue weighted by Gasteiger charge is -2.06. The fraction of sp³-hybridized carbons (Fsp3) is 0.273. The Balaban J connectivity index is 2.29. The van der Waals surface area contributed by atoms with E-state index in [1.165, 1.54) is 0 Å². The number of benzene rings is 1. The molecule has 0 unspecified atom stereocenters. The monoisotopic (exact) mass is 204 g/mol. The average molecular weight is 204 g/mol. The molecule has 0 radical (unpaired) electrons. The first-order valence-corrected chi connectivity index (χ1v) is 4.99. The normalized spacial score (nSPS) is 13.7. The maximum atomic E-state index is 5.60. The second-order valence-electron chi connectivity index (χ2n) is 3.57. The Morgan fingerprint density at radius 1 is 1.40 bits per heavy atom. The molecule has 1 aromatic carbocycles. The average Bonchev–Trinajstić information content (AvgIpc) is 2.84. The summed E-state index contributed by atoms with van der Waals surface area (Å²) in [7, 11) is 0. The van der Waals surface area contributed by atoms with Crippen LogP contribution in [0.4, 0.5) is 0 Å². The Morgan fingerprint density at radius 3 is 3.20 bits per heavy atom. The molecule has 1 aliphatic heterocycles. The van der Waals surface area contributed by atoms with Crippen molar-refractivity contribution in [2.45, 2.75) is 6.42 Å². The molecule has 0 amide bonds. The molecule has 0 aliphatic carbocycles. The van der Waals surface area contributed by atoms with Gasteiger partial charge in [0.15, 0.2) is 11.5 Å². The first kappa shape index (κ1) is 8.61. The number of ether oxygens (including phenoxy) is 2. The van der Waals surface area contributed by atoms with Gasteiger partial charge in [0, 0.05) is 17.1 Å². The molecule has 1 aromatic heterocycles. The number of hydrogen-bond donors (Lipinski definition) is 2. The maximum absolute atomic E-state index is 5.60. The molecule has 0 spiro atoms. The van der Waals surface area contributed by atoms with E-state index >= 15 is 0 Å².